The molecule has 1 aromatic carbocycles. The molecule has 0 aromatic heterocycles. The van der Waals surface area contributed by atoms with Crippen molar-refractivity contribution in [2.24, 2.45) is 0 Å². The van der Waals surface area contributed by atoms with Crippen LogP contribution < -0.4 is 10.1 Å². The highest BCUT2D eigenvalue weighted by Gasteiger charge is 2.31. The van der Waals surface area contributed by atoms with Crippen molar-refractivity contribution in [1.29, 1.82) is 0 Å². The molecule has 1 aromatic rings. The summed E-state index contributed by atoms with van der Waals surface area (Å²) in [6.07, 6.45) is 1.60. The van der Waals surface area contributed by atoms with Gasteiger partial charge in [-0.3, -0.25) is 4.79 Å². The van der Waals surface area contributed by atoms with E-state index in [0.717, 1.165) is 6.42 Å². The summed E-state index contributed by atoms with van der Waals surface area (Å²) in [5.74, 6) is 0.897. The van der Waals surface area contributed by atoms with Crippen LogP contribution in [-0.4, -0.2) is 31.8 Å². The second-order valence-corrected chi connectivity index (χ2v) is 5.87. The first-order chi connectivity index (χ1) is 10.0. The average Bonchev–Trinajstić information content (AvgIpc) is 2.96. The zero-order valence-electron chi connectivity index (χ0n) is 13.1. The molecular formula is C16H23Cl2NO3. The lowest BCUT2D eigenvalue weighted by Crippen LogP contribution is -2.31. The van der Waals surface area contributed by atoms with E-state index in [1.807, 2.05) is 12.1 Å². The third-order valence-electron chi connectivity index (χ3n) is 4.01. The van der Waals surface area contributed by atoms with Crippen LogP contribution in [0.5, 0.6) is 5.75 Å². The molecule has 0 spiro atoms. The van der Waals surface area contributed by atoms with E-state index < -0.39 is 0 Å². The summed E-state index contributed by atoms with van der Waals surface area (Å²) < 4.78 is 10.6. The fraction of sp³-hybridized carbons (Fsp3) is 0.562. The number of esters is 1. The Morgan fingerprint density at radius 1 is 1.50 bits per heavy atom. The quantitative estimate of drug-likeness (QED) is 0.827. The molecule has 6 heteroatoms. The predicted octanol–water partition coefficient (Wildman–Crippen LogP) is 3.56. The van der Waals surface area contributed by atoms with E-state index in [-0.39, 0.29) is 30.5 Å². The Labute approximate surface area is 142 Å². The van der Waals surface area contributed by atoms with Crippen molar-refractivity contribution in [2.45, 2.75) is 44.8 Å². The van der Waals surface area contributed by atoms with Crippen LogP contribution in [0.3, 0.4) is 0 Å². The van der Waals surface area contributed by atoms with Gasteiger partial charge in [-0.2, -0.15) is 0 Å². The van der Waals surface area contributed by atoms with Crippen LogP contribution in [0, 0.1) is 0 Å². The van der Waals surface area contributed by atoms with Gasteiger partial charge in [-0.1, -0.05) is 31.5 Å². The zero-order chi connectivity index (χ0) is 15.4. The van der Waals surface area contributed by atoms with Gasteiger partial charge >= 0.3 is 5.97 Å². The number of methoxy groups -OCH3 is 1. The molecule has 1 saturated heterocycles. The number of benzene rings is 1. The molecule has 0 bridgehead atoms. The first-order valence-electron chi connectivity index (χ1n) is 7.32. The van der Waals surface area contributed by atoms with Crippen LogP contribution in [0.1, 0.15) is 38.2 Å². The highest BCUT2D eigenvalue weighted by atomic mass is 35.5. The SMILES string of the molecule is CCC(C)c1ccc(OC2CNC(C(=O)OC)C2)c(Cl)c1.Cl. The van der Waals surface area contributed by atoms with E-state index in [1.54, 1.807) is 0 Å². The molecule has 22 heavy (non-hydrogen) atoms. The highest BCUT2D eigenvalue weighted by Crippen LogP contribution is 2.31. The molecule has 4 nitrogen and oxygen atoms in total. The number of halogens is 2. The second kappa shape index (κ2) is 8.61. The molecule has 0 aliphatic carbocycles. The molecule has 0 saturated carbocycles. The summed E-state index contributed by atoms with van der Waals surface area (Å²) in [5, 5.41) is 3.71. The molecule has 0 amide bonds. The molecular weight excluding hydrogens is 325 g/mol. The fourth-order valence-corrected chi connectivity index (χ4v) is 2.68. The van der Waals surface area contributed by atoms with Crippen LogP contribution in [0.4, 0.5) is 0 Å². The molecule has 124 valence electrons. The number of carbonyl (C=O) groups is 1. The highest BCUT2D eigenvalue weighted by molar-refractivity contribution is 6.32. The molecule has 1 N–H and O–H groups in total. The van der Waals surface area contributed by atoms with E-state index in [9.17, 15) is 4.79 Å². The van der Waals surface area contributed by atoms with Gasteiger partial charge in [0.15, 0.2) is 0 Å². The Balaban J connectivity index is 0.00000242. The van der Waals surface area contributed by atoms with Gasteiger partial charge in [-0.05, 0) is 30.0 Å². The summed E-state index contributed by atoms with van der Waals surface area (Å²) in [6.45, 7) is 4.94. The van der Waals surface area contributed by atoms with Crippen molar-refractivity contribution >= 4 is 30.0 Å². The minimum Gasteiger partial charge on any atom is -0.487 e. The summed E-state index contributed by atoms with van der Waals surface area (Å²) >= 11 is 6.30. The van der Waals surface area contributed by atoms with Gasteiger partial charge in [0.25, 0.3) is 0 Å². The molecule has 1 fully saturated rings. The molecule has 0 radical (unpaired) electrons. The van der Waals surface area contributed by atoms with Crippen LogP contribution >= 0.6 is 24.0 Å². The molecule has 1 aliphatic rings. The van der Waals surface area contributed by atoms with Crippen LogP contribution in [0.25, 0.3) is 0 Å². The van der Waals surface area contributed by atoms with Gasteiger partial charge in [-0.25, -0.2) is 0 Å². The molecule has 1 aliphatic heterocycles. The van der Waals surface area contributed by atoms with Gasteiger partial charge < -0.3 is 14.8 Å². The molecule has 1 heterocycles. The van der Waals surface area contributed by atoms with E-state index in [1.165, 1.54) is 12.7 Å². The van der Waals surface area contributed by atoms with E-state index in [2.05, 4.69) is 25.2 Å². The van der Waals surface area contributed by atoms with Gasteiger partial charge in [0.05, 0.1) is 12.1 Å². The van der Waals surface area contributed by atoms with Crippen molar-refractivity contribution in [3.8, 4) is 5.75 Å². The lowest BCUT2D eigenvalue weighted by molar-refractivity contribution is -0.142. The minimum absolute atomic E-state index is 0. The number of carbonyl (C=O) groups excluding carboxylic acids is 1. The average molecular weight is 348 g/mol. The Morgan fingerprint density at radius 2 is 2.23 bits per heavy atom. The zero-order valence-corrected chi connectivity index (χ0v) is 14.7. The topological polar surface area (TPSA) is 47.6 Å². The fourth-order valence-electron chi connectivity index (χ4n) is 2.45. The third kappa shape index (κ3) is 4.51. The lowest BCUT2D eigenvalue weighted by Gasteiger charge is -2.16. The third-order valence-corrected chi connectivity index (χ3v) is 4.30. The maximum Gasteiger partial charge on any atom is 0.323 e. The van der Waals surface area contributed by atoms with Crippen molar-refractivity contribution in [1.82, 2.24) is 5.32 Å². The van der Waals surface area contributed by atoms with Crippen LogP contribution in [-0.2, 0) is 9.53 Å². The second-order valence-electron chi connectivity index (χ2n) is 5.46. The maximum absolute atomic E-state index is 11.5. The van der Waals surface area contributed by atoms with Crippen molar-refractivity contribution in [3.05, 3.63) is 28.8 Å². The van der Waals surface area contributed by atoms with E-state index >= 15 is 0 Å². The number of hydrogen-bond donors (Lipinski definition) is 1. The maximum atomic E-state index is 11.5. The largest absolute Gasteiger partial charge is 0.487 e. The summed E-state index contributed by atoms with van der Waals surface area (Å²) in [6, 6.07) is 5.63. The summed E-state index contributed by atoms with van der Waals surface area (Å²) in [4.78, 5) is 11.5. The number of ether oxygens (including phenoxy) is 2. The van der Waals surface area contributed by atoms with Crippen molar-refractivity contribution < 1.29 is 14.3 Å². The minimum atomic E-state index is -0.293. The molecule has 3 unspecified atom stereocenters. The Hall–Kier alpha value is -0.970. The van der Waals surface area contributed by atoms with Gasteiger partial charge in [0, 0.05) is 13.0 Å². The van der Waals surface area contributed by atoms with E-state index in [0.29, 0.717) is 29.7 Å². The molecule has 2 rings (SSSR count). The summed E-state index contributed by atoms with van der Waals surface area (Å²) in [7, 11) is 1.39. The van der Waals surface area contributed by atoms with Gasteiger partial charge in [-0.15, -0.1) is 12.4 Å². The number of nitrogens with one attached hydrogen (secondary N) is 1. The molecule has 3 atom stereocenters. The monoisotopic (exact) mass is 347 g/mol. The normalized spacial score (nSPS) is 21.8. The first-order valence-corrected chi connectivity index (χ1v) is 7.70. The first kappa shape index (κ1) is 19.1. The van der Waals surface area contributed by atoms with Gasteiger partial charge in [0.1, 0.15) is 17.9 Å². The van der Waals surface area contributed by atoms with Gasteiger partial charge in [0.2, 0.25) is 0 Å². The van der Waals surface area contributed by atoms with Crippen molar-refractivity contribution in [2.75, 3.05) is 13.7 Å². The Bertz CT molecular complexity index is 510. The Kier molecular flexibility index (Phi) is 7.46. The smallest absolute Gasteiger partial charge is 0.323 e. The number of hydrogen-bond acceptors (Lipinski definition) is 4. The Morgan fingerprint density at radius 3 is 2.82 bits per heavy atom. The number of rotatable bonds is 5. The van der Waals surface area contributed by atoms with E-state index in [4.69, 9.17) is 21.1 Å². The van der Waals surface area contributed by atoms with Crippen LogP contribution in [0.15, 0.2) is 18.2 Å². The predicted molar refractivity (Wildman–Crippen MR) is 90.2 cm³/mol. The van der Waals surface area contributed by atoms with Crippen molar-refractivity contribution in [3.63, 3.8) is 0 Å². The standard InChI is InChI=1S/C16H22ClNO3.ClH/c1-4-10(2)11-5-6-15(13(17)7-11)21-12-8-14(18-9-12)16(19)20-3;/h5-7,10,12,14,18H,4,8-9H2,1-3H3;1H. The lowest BCUT2D eigenvalue weighted by atomic mass is 9.99. The summed E-state index contributed by atoms with van der Waals surface area (Å²) in [5.41, 5.74) is 1.21. The van der Waals surface area contributed by atoms with Crippen LogP contribution in [0.2, 0.25) is 5.02 Å².